The van der Waals surface area contributed by atoms with Gasteiger partial charge in [0.1, 0.15) is 0 Å². The van der Waals surface area contributed by atoms with Crippen LogP contribution in [0.1, 0.15) is 0 Å². The fraction of sp³-hybridized carbons (Fsp3) is 0. The van der Waals surface area contributed by atoms with Crippen molar-refractivity contribution in [3.8, 4) is 5.82 Å². The van der Waals surface area contributed by atoms with Gasteiger partial charge in [-0.25, -0.2) is 9.67 Å². The summed E-state index contributed by atoms with van der Waals surface area (Å²) in [6, 6.07) is 0. The zero-order valence-corrected chi connectivity index (χ0v) is 8.41. The number of rotatable bonds is 1. The first kappa shape index (κ1) is 7.23. The molecule has 0 aliphatic heterocycles. The lowest BCUT2D eigenvalue weighted by Gasteiger charge is -1.90. The van der Waals surface area contributed by atoms with Gasteiger partial charge in [-0.2, -0.15) is 5.10 Å². The SMILES string of the molecule is Ic1cnn(-c2cscn2)c1. The minimum absolute atomic E-state index is 0.887. The van der Waals surface area contributed by atoms with Crippen molar-refractivity contribution in [2.24, 2.45) is 0 Å². The van der Waals surface area contributed by atoms with E-state index in [2.05, 4.69) is 32.7 Å². The molecule has 0 unspecified atom stereocenters. The molecule has 11 heavy (non-hydrogen) atoms. The first-order chi connectivity index (χ1) is 5.36. The van der Waals surface area contributed by atoms with E-state index in [0.717, 1.165) is 9.39 Å². The maximum Gasteiger partial charge on any atom is 0.164 e. The van der Waals surface area contributed by atoms with E-state index in [1.165, 1.54) is 0 Å². The molecule has 0 aliphatic rings. The smallest absolute Gasteiger partial charge is 0.164 e. The van der Waals surface area contributed by atoms with Crippen molar-refractivity contribution in [2.75, 3.05) is 0 Å². The highest BCUT2D eigenvalue weighted by molar-refractivity contribution is 14.1. The Kier molecular flexibility index (Phi) is 1.91. The minimum Gasteiger partial charge on any atom is -0.226 e. The van der Waals surface area contributed by atoms with Crippen LogP contribution in [0.2, 0.25) is 0 Å². The number of hydrogen-bond donors (Lipinski definition) is 0. The predicted molar refractivity (Wildman–Crippen MR) is 52.0 cm³/mol. The van der Waals surface area contributed by atoms with Gasteiger partial charge in [-0.05, 0) is 22.6 Å². The number of thiazole rings is 1. The molecular formula is C6H4IN3S. The van der Waals surface area contributed by atoms with E-state index in [1.807, 2.05) is 11.6 Å². The molecule has 0 saturated heterocycles. The molecule has 0 spiro atoms. The molecule has 0 saturated carbocycles. The van der Waals surface area contributed by atoms with Gasteiger partial charge in [0.2, 0.25) is 0 Å². The van der Waals surface area contributed by atoms with E-state index >= 15 is 0 Å². The summed E-state index contributed by atoms with van der Waals surface area (Å²) in [6.07, 6.45) is 3.75. The van der Waals surface area contributed by atoms with Crippen molar-refractivity contribution in [3.05, 3.63) is 26.9 Å². The van der Waals surface area contributed by atoms with Crippen LogP contribution in [0.25, 0.3) is 5.82 Å². The second-order valence-corrected chi connectivity index (χ2v) is 3.91. The number of halogens is 1. The van der Waals surface area contributed by atoms with Gasteiger partial charge in [0.15, 0.2) is 5.82 Å². The van der Waals surface area contributed by atoms with E-state index in [4.69, 9.17) is 0 Å². The molecular weight excluding hydrogens is 273 g/mol. The third kappa shape index (κ3) is 1.43. The number of hydrogen-bond acceptors (Lipinski definition) is 3. The summed E-state index contributed by atoms with van der Waals surface area (Å²) < 4.78 is 2.88. The van der Waals surface area contributed by atoms with E-state index in [0.29, 0.717) is 0 Å². The summed E-state index contributed by atoms with van der Waals surface area (Å²) in [4.78, 5) is 4.12. The quantitative estimate of drug-likeness (QED) is 0.746. The van der Waals surface area contributed by atoms with Crippen LogP contribution in [0.15, 0.2) is 23.3 Å². The molecule has 0 fully saturated rings. The Morgan fingerprint density at radius 2 is 2.45 bits per heavy atom. The van der Waals surface area contributed by atoms with Crippen LogP contribution in [0, 0.1) is 3.57 Å². The normalized spacial score (nSPS) is 10.3. The van der Waals surface area contributed by atoms with Gasteiger partial charge in [-0.1, -0.05) is 0 Å². The fourth-order valence-electron chi connectivity index (χ4n) is 0.745. The second-order valence-electron chi connectivity index (χ2n) is 1.95. The summed E-state index contributed by atoms with van der Waals surface area (Å²) in [7, 11) is 0. The average Bonchev–Trinajstić information content (AvgIpc) is 2.55. The molecule has 0 bridgehead atoms. The molecule has 0 atom stereocenters. The molecule has 56 valence electrons. The molecule has 5 heteroatoms. The van der Waals surface area contributed by atoms with Crippen LogP contribution in [0.3, 0.4) is 0 Å². The molecule has 0 radical (unpaired) electrons. The Labute approximate surface area is 81.2 Å². The fourth-order valence-corrected chi connectivity index (χ4v) is 1.65. The number of aromatic nitrogens is 3. The summed E-state index contributed by atoms with van der Waals surface area (Å²) in [6.45, 7) is 0. The summed E-state index contributed by atoms with van der Waals surface area (Å²) in [5, 5.41) is 6.07. The molecule has 2 aromatic heterocycles. The molecule has 0 amide bonds. The van der Waals surface area contributed by atoms with Crippen molar-refractivity contribution in [1.29, 1.82) is 0 Å². The maximum atomic E-state index is 4.12. The first-order valence-electron chi connectivity index (χ1n) is 2.95. The van der Waals surface area contributed by atoms with Crippen molar-refractivity contribution in [3.63, 3.8) is 0 Å². The molecule has 3 nitrogen and oxygen atoms in total. The highest BCUT2D eigenvalue weighted by Gasteiger charge is 1.98. The van der Waals surface area contributed by atoms with Gasteiger partial charge >= 0.3 is 0 Å². The van der Waals surface area contributed by atoms with Crippen LogP contribution in [-0.4, -0.2) is 14.8 Å². The zero-order chi connectivity index (χ0) is 7.68. The lowest BCUT2D eigenvalue weighted by Crippen LogP contribution is -1.92. The van der Waals surface area contributed by atoms with E-state index in [-0.39, 0.29) is 0 Å². The minimum atomic E-state index is 0.887. The lowest BCUT2D eigenvalue weighted by atomic mass is 10.7. The van der Waals surface area contributed by atoms with Crippen LogP contribution >= 0.6 is 33.9 Å². The highest BCUT2D eigenvalue weighted by atomic mass is 127. The van der Waals surface area contributed by atoms with E-state index in [1.54, 1.807) is 27.7 Å². The van der Waals surface area contributed by atoms with Gasteiger partial charge in [0, 0.05) is 11.6 Å². The topological polar surface area (TPSA) is 30.7 Å². The van der Waals surface area contributed by atoms with Crippen molar-refractivity contribution >= 4 is 33.9 Å². The van der Waals surface area contributed by atoms with Gasteiger partial charge in [-0.3, -0.25) is 0 Å². The monoisotopic (exact) mass is 277 g/mol. The Bertz CT molecular complexity index is 340. The Balaban J connectivity index is 2.45. The van der Waals surface area contributed by atoms with Gasteiger partial charge in [0.05, 0.1) is 15.3 Å². The van der Waals surface area contributed by atoms with Crippen LogP contribution in [-0.2, 0) is 0 Å². The van der Waals surface area contributed by atoms with Crippen molar-refractivity contribution in [2.45, 2.75) is 0 Å². The molecule has 2 heterocycles. The average molecular weight is 277 g/mol. The van der Waals surface area contributed by atoms with Crippen molar-refractivity contribution < 1.29 is 0 Å². The Morgan fingerprint density at radius 1 is 1.55 bits per heavy atom. The van der Waals surface area contributed by atoms with E-state index in [9.17, 15) is 0 Å². The summed E-state index contributed by atoms with van der Waals surface area (Å²) >= 11 is 3.79. The molecule has 2 aromatic rings. The van der Waals surface area contributed by atoms with Crippen LogP contribution in [0.5, 0.6) is 0 Å². The first-order valence-corrected chi connectivity index (χ1v) is 4.97. The third-order valence-corrected chi connectivity index (χ3v) is 2.34. The van der Waals surface area contributed by atoms with Gasteiger partial charge in [0.25, 0.3) is 0 Å². The Hall–Kier alpha value is -0.430. The number of nitrogens with zero attached hydrogens (tertiary/aromatic N) is 3. The van der Waals surface area contributed by atoms with Crippen LogP contribution in [0.4, 0.5) is 0 Å². The standard InChI is InChI=1S/C6H4IN3S/c7-5-1-9-10(2-5)6-3-11-4-8-6/h1-4H. The largest absolute Gasteiger partial charge is 0.226 e. The molecule has 0 aromatic carbocycles. The molecule has 2 rings (SSSR count). The second kappa shape index (κ2) is 2.90. The summed E-state index contributed by atoms with van der Waals surface area (Å²) in [5.74, 6) is 0.887. The molecule has 0 N–H and O–H groups in total. The van der Waals surface area contributed by atoms with Crippen molar-refractivity contribution in [1.82, 2.24) is 14.8 Å². The van der Waals surface area contributed by atoms with Gasteiger partial charge < -0.3 is 0 Å². The Morgan fingerprint density at radius 3 is 3.00 bits per heavy atom. The lowest BCUT2D eigenvalue weighted by molar-refractivity contribution is 0.855. The third-order valence-electron chi connectivity index (χ3n) is 1.21. The predicted octanol–water partition coefficient (Wildman–Crippen LogP) is 1.93. The van der Waals surface area contributed by atoms with Gasteiger partial charge in [-0.15, -0.1) is 11.3 Å². The molecule has 0 aliphatic carbocycles. The van der Waals surface area contributed by atoms with Crippen LogP contribution < -0.4 is 0 Å². The van der Waals surface area contributed by atoms with E-state index < -0.39 is 0 Å². The zero-order valence-electron chi connectivity index (χ0n) is 5.44. The summed E-state index contributed by atoms with van der Waals surface area (Å²) in [5.41, 5.74) is 1.80. The maximum absolute atomic E-state index is 4.12. The highest BCUT2D eigenvalue weighted by Crippen LogP contribution is 2.09.